The summed E-state index contributed by atoms with van der Waals surface area (Å²) in [6.07, 6.45) is -3.29. The summed E-state index contributed by atoms with van der Waals surface area (Å²) >= 11 is 1.23. The van der Waals surface area contributed by atoms with Crippen LogP contribution in [0.1, 0.15) is 28.9 Å². The van der Waals surface area contributed by atoms with Crippen LogP contribution in [0.5, 0.6) is 5.75 Å². The molecule has 1 saturated carbocycles. The Balaban J connectivity index is 1.10. The van der Waals surface area contributed by atoms with E-state index in [1.54, 1.807) is 23.3 Å². The third-order valence-corrected chi connectivity index (χ3v) is 7.43. The van der Waals surface area contributed by atoms with Crippen molar-refractivity contribution >= 4 is 29.0 Å². The summed E-state index contributed by atoms with van der Waals surface area (Å²) in [7, 11) is 0. The monoisotopic (exact) mass is 534 g/mol. The molecule has 194 valence electrons. The van der Waals surface area contributed by atoms with Crippen LogP contribution < -0.4 is 15.4 Å². The lowest BCUT2D eigenvalue weighted by Crippen LogP contribution is -2.67. The molecule has 1 aliphatic heterocycles. The highest BCUT2D eigenvalue weighted by atomic mass is 32.1. The first-order valence-corrected chi connectivity index (χ1v) is 12.3. The van der Waals surface area contributed by atoms with Gasteiger partial charge in [0.2, 0.25) is 0 Å². The van der Waals surface area contributed by atoms with Gasteiger partial charge in [-0.3, -0.25) is 4.79 Å². The summed E-state index contributed by atoms with van der Waals surface area (Å²) < 4.78 is 54.3. The molecule has 1 aliphatic carbocycles. The number of urea groups is 1. The number of carbonyl (C=O) groups is 2. The van der Waals surface area contributed by atoms with E-state index < -0.39 is 18.2 Å². The molecule has 3 aromatic rings. The number of alkyl halides is 3. The first-order chi connectivity index (χ1) is 17.5. The minimum absolute atomic E-state index is 0.0266. The van der Waals surface area contributed by atoms with Crippen LogP contribution in [-0.2, 0) is 0 Å². The van der Waals surface area contributed by atoms with Crippen LogP contribution in [0.3, 0.4) is 0 Å². The van der Waals surface area contributed by atoms with Gasteiger partial charge >= 0.3 is 12.4 Å². The van der Waals surface area contributed by atoms with Crippen LogP contribution in [0.15, 0.2) is 47.8 Å². The van der Waals surface area contributed by atoms with Crippen LogP contribution in [0.25, 0.3) is 10.6 Å². The highest BCUT2D eigenvalue weighted by Gasteiger charge is 2.54. The van der Waals surface area contributed by atoms with Gasteiger partial charge in [0.25, 0.3) is 5.91 Å². The number of aromatic nitrogens is 1. The molecule has 0 unspecified atom stereocenters. The average Bonchev–Trinajstić information content (AvgIpc) is 3.26. The number of hydrogen-bond donors (Lipinski definition) is 2. The summed E-state index contributed by atoms with van der Waals surface area (Å²) in [5.74, 6) is -0.964. The molecule has 1 aromatic heterocycles. The molecule has 7 nitrogen and oxygen atoms in total. The van der Waals surface area contributed by atoms with E-state index in [9.17, 15) is 27.2 Å². The van der Waals surface area contributed by atoms with Crippen LogP contribution in [0, 0.1) is 18.2 Å². The lowest BCUT2D eigenvalue weighted by molar-refractivity contribution is -0.274. The van der Waals surface area contributed by atoms with Crippen molar-refractivity contribution in [2.24, 2.45) is 5.41 Å². The van der Waals surface area contributed by atoms with Gasteiger partial charge < -0.3 is 20.3 Å². The van der Waals surface area contributed by atoms with Gasteiger partial charge in [0.15, 0.2) is 0 Å². The Hall–Kier alpha value is -3.67. The summed E-state index contributed by atoms with van der Waals surface area (Å²) in [4.78, 5) is 31.2. The number of thiazole rings is 1. The van der Waals surface area contributed by atoms with Gasteiger partial charge in [0.05, 0.1) is 0 Å². The minimum atomic E-state index is -4.76. The molecule has 5 rings (SSSR count). The molecule has 2 heterocycles. The average molecular weight is 535 g/mol. The maximum Gasteiger partial charge on any atom is 0.573 e. The van der Waals surface area contributed by atoms with E-state index in [0.29, 0.717) is 29.3 Å². The number of likely N-dealkylation sites (tertiary alicyclic amines) is 1. The van der Waals surface area contributed by atoms with Crippen molar-refractivity contribution in [2.45, 2.75) is 32.2 Å². The normalized spacial score (nSPS) is 16.6. The number of aryl methyl sites for hydroxylation is 1. The number of rotatable bonds is 5. The van der Waals surface area contributed by atoms with Gasteiger partial charge in [-0.1, -0.05) is 6.07 Å². The fourth-order valence-electron chi connectivity index (χ4n) is 4.79. The van der Waals surface area contributed by atoms with Crippen molar-refractivity contribution in [3.63, 3.8) is 0 Å². The molecule has 1 saturated heterocycles. The van der Waals surface area contributed by atoms with Crippen LogP contribution in [0.2, 0.25) is 0 Å². The van der Waals surface area contributed by atoms with Crippen LogP contribution in [-0.4, -0.2) is 47.3 Å². The van der Waals surface area contributed by atoms with Crippen molar-refractivity contribution in [1.82, 2.24) is 15.2 Å². The molecular weight excluding hydrogens is 512 g/mol. The molecule has 0 atom stereocenters. The van der Waals surface area contributed by atoms with E-state index in [4.69, 9.17) is 0 Å². The van der Waals surface area contributed by atoms with E-state index in [2.05, 4.69) is 20.4 Å². The van der Waals surface area contributed by atoms with Crippen molar-refractivity contribution in [3.8, 4) is 16.3 Å². The van der Waals surface area contributed by atoms with Gasteiger partial charge in [-0.05, 0) is 61.7 Å². The van der Waals surface area contributed by atoms with Crippen molar-refractivity contribution < 1.29 is 31.9 Å². The Morgan fingerprint density at radius 3 is 2.51 bits per heavy atom. The number of nitrogens with zero attached hydrogens (tertiary/aromatic N) is 2. The largest absolute Gasteiger partial charge is 0.573 e. The Bertz CT molecular complexity index is 1330. The van der Waals surface area contributed by atoms with Gasteiger partial charge in [0.1, 0.15) is 22.3 Å². The second-order valence-corrected chi connectivity index (χ2v) is 10.3. The van der Waals surface area contributed by atoms with Crippen molar-refractivity contribution in [3.05, 3.63) is 64.9 Å². The zero-order chi connectivity index (χ0) is 26.4. The van der Waals surface area contributed by atoms with Crippen LogP contribution >= 0.6 is 11.3 Å². The molecule has 0 bridgehead atoms. The lowest BCUT2D eigenvalue weighted by Gasteiger charge is -2.58. The van der Waals surface area contributed by atoms with Gasteiger partial charge in [-0.25, -0.2) is 14.2 Å². The predicted octanol–water partition coefficient (Wildman–Crippen LogP) is 5.58. The Kier molecular flexibility index (Phi) is 6.30. The molecular formula is C25H22F4N4O3S. The van der Waals surface area contributed by atoms with Crippen molar-refractivity contribution in [2.75, 3.05) is 18.4 Å². The SMILES string of the molecule is Cc1ccc(F)cc1NC(=O)NC1CC2(C1)CN(C(=O)c1csc(-c3ccc(OC(F)(F)F)cc3)n1)C2. The number of ether oxygens (including phenoxy) is 1. The van der Waals surface area contributed by atoms with E-state index in [1.807, 2.05) is 0 Å². The zero-order valence-corrected chi connectivity index (χ0v) is 20.4. The minimum Gasteiger partial charge on any atom is -0.406 e. The number of hydrogen-bond acceptors (Lipinski definition) is 5. The molecule has 2 aromatic carbocycles. The molecule has 0 radical (unpaired) electrons. The molecule has 2 fully saturated rings. The van der Waals surface area contributed by atoms with E-state index in [-0.39, 0.29) is 28.8 Å². The quantitative estimate of drug-likeness (QED) is 0.419. The second-order valence-electron chi connectivity index (χ2n) is 9.43. The molecule has 12 heteroatoms. The highest BCUT2D eigenvalue weighted by Crippen LogP contribution is 2.48. The first-order valence-electron chi connectivity index (χ1n) is 11.4. The zero-order valence-electron chi connectivity index (χ0n) is 19.6. The van der Waals surface area contributed by atoms with Crippen molar-refractivity contribution in [1.29, 1.82) is 0 Å². The topological polar surface area (TPSA) is 83.6 Å². The lowest BCUT2D eigenvalue weighted by atomic mass is 9.60. The standard InChI is InChI=1S/C25H22F4N4O3S/c1-14-2-5-16(26)8-19(14)32-23(35)30-17-9-24(10-17)12-33(13-24)22(34)20-11-37-21(31-20)15-3-6-18(7-4-15)36-25(27,28)29/h2-8,11,17H,9-10,12-13H2,1H3,(H2,30,32,35). The first kappa shape index (κ1) is 25.0. The smallest absolute Gasteiger partial charge is 0.406 e. The molecule has 3 amide bonds. The summed E-state index contributed by atoms with van der Waals surface area (Å²) in [5, 5.41) is 7.71. The highest BCUT2D eigenvalue weighted by molar-refractivity contribution is 7.13. The Morgan fingerprint density at radius 2 is 1.84 bits per heavy atom. The van der Waals surface area contributed by atoms with E-state index >= 15 is 0 Å². The fourth-order valence-corrected chi connectivity index (χ4v) is 5.59. The van der Waals surface area contributed by atoms with Gasteiger partial charge in [-0.15, -0.1) is 24.5 Å². The third kappa shape index (κ3) is 5.53. The number of anilines is 1. The number of halogens is 4. The number of nitrogens with one attached hydrogen (secondary N) is 2. The second kappa shape index (κ2) is 9.33. The fraction of sp³-hybridized carbons (Fsp3) is 0.320. The predicted molar refractivity (Wildman–Crippen MR) is 129 cm³/mol. The van der Waals surface area contributed by atoms with E-state index in [1.165, 1.54) is 47.7 Å². The molecule has 2 aliphatic rings. The van der Waals surface area contributed by atoms with Gasteiger partial charge in [0, 0.05) is 41.2 Å². The molecule has 37 heavy (non-hydrogen) atoms. The third-order valence-electron chi connectivity index (χ3n) is 6.54. The molecule has 1 spiro atoms. The number of carbonyl (C=O) groups excluding carboxylic acids is 2. The summed E-state index contributed by atoms with van der Waals surface area (Å²) in [6, 6.07) is 9.09. The molecule has 2 N–H and O–H groups in total. The number of benzene rings is 2. The number of amides is 3. The maximum absolute atomic E-state index is 13.4. The Labute approximate surface area is 213 Å². The summed E-state index contributed by atoms with van der Waals surface area (Å²) in [5.41, 5.74) is 2.01. The summed E-state index contributed by atoms with van der Waals surface area (Å²) in [6.45, 7) is 2.90. The van der Waals surface area contributed by atoms with Gasteiger partial charge in [-0.2, -0.15) is 0 Å². The maximum atomic E-state index is 13.4. The Morgan fingerprint density at radius 1 is 1.14 bits per heavy atom. The van der Waals surface area contributed by atoms with E-state index in [0.717, 1.165) is 18.4 Å². The van der Waals surface area contributed by atoms with Crippen LogP contribution in [0.4, 0.5) is 28.0 Å².